The summed E-state index contributed by atoms with van der Waals surface area (Å²) in [6.07, 6.45) is 3.84. The topological polar surface area (TPSA) is 53.8 Å². The molecule has 4 nitrogen and oxygen atoms in total. The number of H-pyrrole nitrogens is 1. The smallest absolute Gasteiger partial charge is 0.233 e. The van der Waals surface area contributed by atoms with Gasteiger partial charge in [-0.3, -0.25) is 0 Å². The van der Waals surface area contributed by atoms with Crippen LogP contribution in [-0.4, -0.2) is 18.9 Å². The molecule has 16 heavy (non-hydrogen) atoms. The van der Waals surface area contributed by atoms with Gasteiger partial charge in [0.15, 0.2) is 0 Å². The van der Waals surface area contributed by atoms with Crippen molar-refractivity contribution in [3.63, 3.8) is 0 Å². The molecule has 1 heterocycles. The molecular weight excluding hydrogens is 245 g/mol. The van der Waals surface area contributed by atoms with Crippen LogP contribution in [0.1, 0.15) is 19.8 Å². The molecule has 1 N–H and O–H groups in total. The SMILES string of the molecule is CCCC[n+]1cc[nH]c1S(=O)(=O)C(F)(F)F. The molecule has 0 aliphatic rings. The van der Waals surface area contributed by atoms with Gasteiger partial charge in [0.1, 0.15) is 12.4 Å². The number of aromatic amines is 1. The molecule has 0 saturated carbocycles. The van der Waals surface area contributed by atoms with Crippen LogP contribution < -0.4 is 4.57 Å². The van der Waals surface area contributed by atoms with Crippen molar-refractivity contribution in [1.29, 1.82) is 0 Å². The predicted molar refractivity (Wildman–Crippen MR) is 49.1 cm³/mol. The maximum atomic E-state index is 12.3. The molecule has 1 rings (SSSR count). The maximum Gasteiger partial charge on any atom is 0.509 e. The standard InChI is InChI=1S/C8H11F3N2O2S/c1-2-3-5-13-6-4-12-7(13)16(14,15)8(9,10)11/h4,6H,2-3,5H2,1H3/p+1. The van der Waals surface area contributed by atoms with Gasteiger partial charge in [0.2, 0.25) is 0 Å². The van der Waals surface area contributed by atoms with Crippen LogP contribution in [0.4, 0.5) is 13.2 Å². The highest BCUT2D eigenvalue weighted by Gasteiger charge is 2.52. The summed E-state index contributed by atoms with van der Waals surface area (Å²) < 4.78 is 60.1. The Bertz CT molecular complexity index is 450. The average molecular weight is 257 g/mol. The Hall–Kier alpha value is -1.05. The second-order valence-electron chi connectivity index (χ2n) is 3.26. The lowest BCUT2D eigenvalue weighted by molar-refractivity contribution is -0.733. The zero-order chi connectivity index (χ0) is 12.4. The highest BCUT2D eigenvalue weighted by molar-refractivity contribution is 7.92. The molecule has 92 valence electrons. The third kappa shape index (κ3) is 2.37. The average Bonchev–Trinajstić information content (AvgIpc) is 2.61. The number of nitrogens with one attached hydrogen (secondary N) is 1. The van der Waals surface area contributed by atoms with Crippen LogP contribution in [0, 0.1) is 0 Å². The van der Waals surface area contributed by atoms with Gasteiger partial charge in [-0.25, -0.2) is 18.0 Å². The zero-order valence-corrected chi connectivity index (χ0v) is 9.40. The molecule has 0 spiro atoms. The van der Waals surface area contributed by atoms with Crippen molar-refractivity contribution in [3.8, 4) is 0 Å². The largest absolute Gasteiger partial charge is 0.509 e. The summed E-state index contributed by atoms with van der Waals surface area (Å²) in [4.78, 5) is 2.12. The molecule has 0 amide bonds. The van der Waals surface area contributed by atoms with Gasteiger partial charge in [-0.05, 0) is 6.42 Å². The Morgan fingerprint density at radius 2 is 2.06 bits per heavy atom. The number of hydrogen-bond acceptors (Lipinski definition) is 2. The van der Waals surface area contributed by atoms with Gasteiger partial charge in [-0.15, -0.1) is 0 Å². The van der Waals surface area contributed by atoms with Gasteiger partial charge in [0.05, 0.1) is 6.54 Å². The van der Waals surface area contributed by atoms with Crippen molar-refractivity contribution < 1.29 is 26.2 Å². The zero-order valence-electron chi connectivity index (χ0n) is 8.58. The Kier molecular flexibility index (Phi) is 3.61. The van der Waals surface area contributed by atoms with E-state index in [9.17, 15) is 21.6 Å². The highest BCUT2D eigenvalue weighted by Crippen LogP contribution is 2.27. The molecule has 0 radical (unpaired) electrons. The summed E-state index contributed by atoms with van der Waals surface area (Å²) in [5, 5.41) is -0.812. The van der Waals surface area contributed by atoms with Crippen LogP contribution in [0.25, 0.3) is 0 Å². The number of imidazole rings is 1. The number of aryl methyl sites for hydroxylation is 1. The van der Waals surface area contributed by atoms with E-state index in [2.05, 4.69) is 4.98 Å². The van der Waals surface area contributed by atoms with Gasteiger partial charge in [0, 0.05) is 0 Å². The predicted octanol–water partition coefficient (Wildman–Crippen LogP) is 1.40. The van der Waals surface area contributed by atoms with Crippen LogP contribution in [-0.2, 0) is 16.4 Å². The number of alkyl halides is 3. The summed E-state index contributed by atoms with van der Waals surface area (Å²) >= 11 is 0. The lowest BCUT2D eigenvalue weighted by atomic mass is 10.3. The third-order valence-corrected chi connectivity index (χ3v) is 3.50. The lowest BCUT2D eigenvalue weighted by Crippen LogP contribution is -2.41. The molecule has 1 aromatic heterocycles. The molecule has 0 saturated heterocycles. The first-order valence-electron chi connectivity index (χ1n) is 4.69. The second-order valence-corrected chi connectivity index (χ2v) is 5.12. The number of sulfone groups is 1. The second kappa shape index (κ2) is 4.44. The van der Waals surface area contributed by atoms with Crippen molar-refractivity contribution in [1.82, 2.24) is 4.98 Å². The number of aromatic nitrogens is 2. The van der Waals surface area contributed by atoms with E-state index in [1.54, 1.807) is 0 Å². The van der Waals surface area contributed by atoms with Gasteiger partial charge < -0.3 is 0 Å². The van der Waals surface area contributed by atoms with Crippen molar-refractivity contribution >= 4 is 9.84 Å². The van der Waals surface area contributed by atoms with Gasteiger partial charge in [-0.2, -0.15) is 13.2 Å². The Morgan fingerprint density at radius 1 is 1.44 bits per heavy atom. The van der Waals surface area contributed by atoms with Crippen molar-refractivity contribution in [3.05, 3.63) is 12.4 Å². The Morgan fingerprint density at radius 3 is 2.56 bits per heavy atom. The van der Waals surface area contributed by atoms with Gasteiger partial charge in [0.25, 0.3) is 0 Å². The molecule has 1 aromatic rings. The van der Waals surface area contributed by atoms with E-state index in [1.807, 2.05) is 6.92 Å². The van der Waals surface area contributed by atoms with E-state index in [4.69, 9.17) is 0 Å². The first kappa shape index (κ1) is 13.0. The number of unbranched alkanes of at least 4 members (excludes halogenated alkanes) is 1. The first-order valence-corrected chi connectivity index (χ1v) is 6.17. The van der Waals surface area contributed by atoms with E-state index in [0.29, 0.717) is 6.42 Å². The molecular formula is C8H12F3N2O2S+. The minimum absolute atomic E-state index is 0.241. The molecule has 0 unspecified atom stereocenters. The summed E-state index contributed by atoms with van der Waals surface area (Å²) in [7, 11) is -5.29. The summed E-state index contributed by atoms with van der Waals surface area (Å²) in [5.41, 5.74) is -5.27. The fraction of sp³-hybridized carbons (Fsp3) is 0.625. The van der Waals surface area contributed by atoms with E-state index in [0.717, 1.165) is 11.0 Å². The Labute approximate surface area is 91.0 Å². The van der Waals surface area contributed by atoms with Crippen molar-refractivity contribution in [2.45, 2.75) is 37.0 Å². The maximum absolute atomic E-state index is 12.3. The fourth-order valence-corrected chi connectivity index (χ4v) is 2.10. The summed E-state index contributed by atoms with van der Waals surface area (Å²) in [5.74, 6) is 0. The molecule has 0 aliphatic carbocycles. The van der Waals surface area contributed by atoms with E-state index < -0.39 is 20.5 Å². The van der Waals surface area contributed by atoms with Crippen LogP contribution in [0.5, 0.6) is 0 Å². The first-order chi connectivity index (χ1) is 7.30. The number of rotatable bonds is 4. The Balaban J connectivity index is 3.10. The van der Waals surface area contributed by atoms with Gasteiger partial charge in [-0.1, -0.05) is 13.3 Å². The van der Waals surface area contributed by atoms with Crippen LogP contribution >= 0.6 is 0 Å². The summed E-state index contributed by atoms with van der Waals surface area (Å²) in [6, 6.07) is 0. The molecule has 0 atom stereocenters. The van der Waals surface area contributed by atoms with E-state index in [1.165, 1.54) is 12.4 Å². The minimum atomic E-state index is -5.29. The van der Waals surface area contributed by atoms with Gasteiger partial charge >= 0.3 is 20.5 Å². The number of halogens is 3. The molecule has 0 aromatic carbocycles. The van der Waals surface area contributed by atoms with Crippen LogP contribution in [0.15, 0.2) is 17.6 Å². The molecule has 8 heteroatoms. The van der Waals surface area contributed by atoms with Crippen molar-refractivity contribution in [2.24, 2.45) is 0 Å². The normalized spacial score (nSPS) is 13.0. The third-order valence-electron chi connectivity index (χ3n) is 2.03. The quantitative estimate of drug-likeness (QED) is 0.829. The number of hydrogen-bond donors (Lipinski definition) is 1. The van der Waals surface area contributed by atoms with Crippen LogP contribution in [0.3, 0.4) is 0 Å². The van der Waals surface area contributed by atoms with Crippen molar-refractivity contribution in [2.75, 3.05) is 0 Å². The van der Waals surface area contributed by atoms with E-state index in [-0.39, 0.29) is 6.54 Å². The lowest BCUT2D eigenvalue weighted by Gasteiger charge is -2.04. The minimum Gasteiger partial charge on any atom is -0.233 e. The van der Waals surface area contributed by atoms with E-state index >= 15 is 0 Å². The summed E-state index contributed by atoms with van der Waals surface area (Å²) in [6.45, 7) is 2.11. The number of nitrogens with zero attached hydrogens (tertiary/aromatic N) is 1. The highest BCUT2D eigenvalue weighted by atomic mass is 32.2. The molecule has 0 aliphatic heterocycles. The molecule has 0 fully saturated rings. The monoisotopic (exact) mass is 257 g/mol. The fourth-order valence-electron chi connectivity index (χ4n) is 1.20. The van der Waals surface area contributed by atoms with Crippen LogP contribution in [0.2, 0.25) is 0 Å². The molecule has 0 bridgehead atoms.